The topological polar surface area (TPSA) is 30.5 Å². The van der Waals surface area contributed by atoms with E-state index in [0.717, 1.165) is 18.0 Å². The van der Waals surface area contributed by atoms with Gasteiger partial charge in [-0.25, -0.2) is 0 Å². The fourth-order valence-electron chi connectivity index (χ4n) is 2.44. The summed E-state index contributed by atoms with van der Waals surface area (Å²) < 4.78 is 10.8. The number of thioether (sulfide) groups is 1. The van der Waals surface area contributed by atoms with Crippen LogP contribution in [0.2, 0.25) is 0 Å². The minimum absolute atomic E-state index is 0.445. The third kappa shape index (κ3) is 2.75. The third-order valence-corrected chi connectivity index (χ3v) is 4.22. The first-order valence-electron chi connectivity index (χ1n) is 6.33. The van der Waals surface area contributed by atoms with Crippen LogP contribution in [0.1, 0.15) is 30.9 Å². The van der Waals surface area contributed by atoms with Crippen molar-refractivity contribution in [1.29, 1.82) is 0 Å². The third-order valence-electron chi connectivity index (χ3n) is 3.42. The van der Waals surface area contributed by atoms with Gasteiger partial charge in [-0.15, -0.1) is 11.8 Å². The number of hydrogen-bond acceptors (Lipinski definition) is 4. The first kappa shape index (κ1) is 13.6. The normalized spacial score (nSPS) is 19.6. The zero-order valence-corrected chi connectivity index (χ0v) is 12.1. The van der Waals surface area contributed by atoms with E-state index in [0.29, 0.717) is 6.04 Å². The van der Waals surface area contributed by atoms with Gasteiger partial charge < -0.3 is 14.8 Å². The molecule has 1 aromatic carbocycles. The monoisotopic (exact) mass is 267 g/mol. The van der Waals surface area contributed by atoms with Crippen LogP contribution in [0.25, 0.3) is 0 Å². The van der Waals surface area contributed by atoms with Crippen LogP contribution in [0.4, 0.5) is 0 Å². The van der Waals surface area contributed by atoms with Gasteiger partial charge in [0.1, 0.15) is 0 Å². The van der Waals surface area contributed by atoms with E-state index >= 15 is 0 Å². The molecule has 1 aliphatic rings. The summed E-state index contributed by atoms with van der Waals surface area (Å²) in [5, 5.41) is 3.59. The lowest BCUT2D eigenvalue weighted by molar-refractivity contribution is 0.350. The maximum Gasteiger partial charge on any atom is 0.161 e. The Morgan fingerprint density at radius 3 is 2.44 bits per heavy atom. The van der Waals surface area contributed by atoms with Crippen molar-refractivity contribution in [3.63, 3.8) is 0 Å². The number of benzene rings is 1. The molecular formula is C14H21NO2S. The molecule has 0 bridgehead atoms. The quantitative estimate of drug-likeness (QED) is 0.848. The SMILES string of the molecule is COc1cc(SC)c(C2CCCCN2)cc1OC. The molecule has 18 heavy (non-hydrogen) atoms. The fourth-order valence-corrected chi connectivity index (χ4v) is 3.10. The molecule has 1 aliphatic heterocycles. The van der Waals surface area contributed by atoms with Gasteiger partial charge in [-0.3, -0.25) is 0 Å². The minimum atomic E-state index is 0.445. The van der Waals surface area contributed by atoms with E-state index in [2.05, 4.69) is 23.7 Å². The highest BCUT2D eigenvalue weighted by atomic mass is 32.2. The summed E-state index contributed by atoms with van der Waals surface area (Å²) in [6.07, 6.45) is 5.87. The van der Waals surface area contributed by atoms with Gasteiger partial charge in [-0.1, -0.05) is 6.42 Å². The van der Waals surface area contributed by atoms with Gasteiger partial charge in [-0.05, 0) is 43.3 Å². The molecule has 1 N–H and O–H groups in total. The summed E-state index contributed by atoms with van der Waals surface area (Å²) >= 11 is 1.76. The van der Waals surface area contributed by atoms with Crippen LogP contribution >= 0.6 is 11.8 Å². The smallest absolute Gasteiger partial charge is 0.161 e. The molecule has 0 amide bonds. The molecule has 0 aromatic heterocycles. The molecule has 4 heteroatoms. The molecule has 1 saturated heterocycles. The Morgan fingerprint density at radius 2 is 1.89 bits per heavy atom. The minimum Gasteiger partial charge on any atom is -0.493 e. The molecule has 1 unspecified atom stereocenters. The highest BCUT2D eigenvalue weighted by Gasteiger charge is 2.20. The molecule has 2 rings (SSSR count). The maximum absolute atomic E-state index is 5.41. The van der Waals surface area contributed by atoms with Crippen LogP contribution in [-0.2, 0) is 0 Å². The number of hydrogen-bond donors (Lipinski definition) is 1. The van der Waals surface area contributed by atoms with Gasteiger partial charge in [0.2, 0.25) is 0 Å². The van der Waals surface area contributed by atoms with Crippen LogP contribution in [0, 0.1) is 0 Å². The Hall–Kier alpha value is -0.870. The van der Waals surface area contributed by atoms with E-state index in [1.54, 1.807) is 26.0 Å². The van der Waals surface area contributed by atoms with Crippen molar-refractivity contribution in [2.24, 2.45) is 0 Å². The lowest BCUT2D eigenvalue weighted by Gasteiger charge is -2.26. The van der Waals surface area contributed by atoms with Gasteiger partial charge in [0.15, 0.2) is 11.5 Å². The van der Waals surface area contributed by atoms with Crippen molar-refractivity contribution in [1.82, 2.24) is 5.32 Å². The molecule has 0 spiro atoms. The van der Waals surface area contributed by atoms with E-state index in [1.807, 2.05) is 0 Å². The Morgan fingerprint density at radius 1 is 1.17 bits per heavy atom. The molecule has 100 valence electrons. The average Bonchev–Trinajstić information content (AvgIpc) is 2.46. The Labute approximate surface area is 113 Å². The lowest BCUT2D eigenvalue weighted by atomic mass is 9.97. The van der Waals surface area contributed by atoms with Gasteiger partial charge in [0.25, 0.3) is 0 Å². The van der Waals surface area contributed by atoms with Crippen molar-refractivity contribution >= 4 is 11.8 Å². The van der Waals surface area contributed by atoms with Gasteiger partial charge in [0.05, 0.1) is 14.2 Å². The second-order valence-corrected chi connectivity index (χ2v) is 5.30. The van der Waals surface area contributed by atoms with Gasteiger partial charge in [0, 0.05) is 10.9 Å². The molecule has 1 heterocycles. The molecule has 1 atom stereocenters. The van der Waals surface area contributed by atoms with Crippen LogP contribution in [0.3, 0.4) is 0 Å². The van der Waals surface area contributed by atoms with Crippen molar-refractivity contribution in [3.05, 3.63) is 17.7 Å². The van der Waals surface area contributed by atoms with E-state index in [1.165, 1.54) is 29.7 Å². The zero-order valence-electron chi connectivity index (χ0n) is 11.3. The van der Waals surface area contributed by atoms with Crippen LogP contribution < -0.4 is 14.8 Å². The Balaban J connectivity index is 2.37. The number of ether oxygens (including phenoxy) is 2. The number of nitrogens with one attached hydrogen (secondary N) is 1. The van der Waals surface area contributed by atoms with Gasteiger partial charge in [-0.2, -0.15) is 0 Å². The molecule has 3 nitrogen and oxygen atoms in total. The van der Waals surface area contributed by atoms with E-state index in [9.17, 15) is 0 Å². The summed E-state index contributed by atoms with van der Waals surface area (Å²) in [7, 11) is 3.37. The number of rotatable bonds is 4. The molecule has 0 radical (unpaired) electrons. The predicted molar refractivity (Wildman–Crippen MR) is 75.9 cm³/mol. The largest absolute Gasteiger partial charge is 0.493 e. The fraction of sp³-hybridized carbons (Fsp3) is 0.571. The molecule has 0 aliphatic carbocycles. The highest BCUT2D eigenvalue weighted by Crippen LogP contribution is 2.39. The summed E-state index contributed by atoms with van der Waals surface area (Å²) in [6, 6.07) is 4.64. The van der Waals surface area contributed by atoms with Crippen LogP contribution in [0.5, 0.6) is 11.5 Å². The number of piperidine rings is 1. The molecule has 1 aromatic rings. The van der Waals surface area contributed by atoms with Crippen molar-refractivity contribution in [2.45, 2.75) is 30.2 Å². The Bertz CT molecular complexity index is 403. The van der Waals surface area contributed by atoms with Crippen molar-refractivity contribution in [3.8, 4) is 11.5 Å². The molecular weight excluding hydrogens is 246 g/mol. The first-order chi connectivity index (χ1) is 8.80. The van der Waals surface area contributed by atoms with Crippen LogP contribution in [0.15, 0.2) is 17.0 Å². The number of methoxy groups -OCH3 is 2. The summed E-state index contributed by atoms with van der Waals surface area (Å²) in [5.74, 6) is 1.62. The van der Waals surface area contributed by atoms with E-state index < -0.39 is 0 Å². The van der Waals surface area contributed by atoms with E-state index in [4.69, 9.17) is 9.47 Å². The second-order valence-electron chi connectivity index (χ2n) is 4.45. The molecule has 1 fully saturated rings. The maximum atomic E-state index is 5.41. The van der Waals surface area contributed by atoms with Gasteiger partial charge >= 0.3 is 0 Å². The van der Waals surface area contributed by atoms with E-state index in [-0.39, 0.29) is 0 Å². The van der Waals surface area contributed by atoms with Crippen molar-refractivity contribution in [2.75, 3.05) is 27.0 Å². The molecule has 0 saturated carbocycles. The van der Waals surface area contributed by atoms with Crippen LogP contribution in [-0.4, -0.2) is 27.0 Å². The summed E-state index contributed by atoms with van der Waals surface area (Å²) in [6.45, 7) is 1.10. The standard InChI is InChI=1S/C14H21NO2S/c1-16-12-8-10(11-6-4-5-7-15-11)14(18-3)9-13(12)17-2/h8-9,11,15H,4-7H2,1-3H3. The first-order valence-corrected chi connectivity index (χ1v) is 7.56. The summed E-state index contributed by atoms with van der Waals surface area (Å²) in [4.78, 5) is 1.27. The predicted octanol–water partition coefficient (Wildman–Crippen LogP) is 3.24. The Kier molecular flexibility index (Phi) is 4.78. The van der Waals surface area contributed by atoms with Crippen molar-refractivity contribution < 1.29 is 9.47 Å². The summed E-state index contributed by atoms with van der Waals surface area (Å²) in [5.41, 5.74) is 1.33. The highest BCUT2D eigenvalue weighted by molar-refractivity contribution is 7.98. The second kappa shape index (κ2) is 6.34. The zero-order chi connectivity index (χ0) is 13.0. The lowest BCUT2D eigenvalue weighted by Crippen LogP contribution is -2.27. The average molecular weight is 267 g/mol.